The average Bonchev–Trinajstić information content (AvgIpc) is 2.29. The Morgan fingerprint density at radius 1 is 1.55 bits per heavy atom. The normalized spacial score (nSPS) is 42.7. The molecule has 62 valence electrons. The van der Waals surface area contributed by atoms with E-state index in [9.17, 15) is 0 Å². The zero-order chi connectivity index (χ0) is 7.90. The second-order valence-corrected chi connectivity index (χ2v) is 5.04. The molecule has 0 saturated heterocycles. The van der Waals surface area contributed by atoms with E-state index in [-0.39, 0.29) is 0 Å². The summed E-state index contributed by atoms with van der Waals surface area (Å²) in [4.78, 5) is 0. The highest BCUT2D eigenvalue weighted by Crippen LogP contribution is 2.45. The van der Waals surface area contributed by atoms with Gasteiger partial charge in [-0.15, -0.1) is 0 Å². The third-order valence-corrected chi connectivity index (χ3v) is 4.09. The highest BCUT2D eigenvalue weighted by Gasteiger charge is 2.40. The maximum absolute atomic E-state index is 2.42. The van der Waals surface area contributed by atoms with Gasteiger partial charge < -0.3 is 3.11 Å². The van der Waals surface area contributed by atoms with Gasteiger partial charge in [-0.25, -0.2) is 0 Å². The molecule has 2 aliphatic rings. The van der Waals surface area contributed by atoms with Gasteiger partial charge in [-0.3, -0.25) is 0 Å². The molecule has 0 aromatic rings. The largest absolute Gasteiger partial charge is 0.318 e. The Morgan fingerprint density at radius 3 is 3.09 bits per heavy atom. The molecular weight excluding hydrogens is 249 g/mol. The van der Waals surface area contributed by atoms with Gasteiger partial charge in [0.25, 0.3) is 0 Å². The van der Waals surface area contributed by atoms with Crippen molar-refractivity contribution in [1.82, 2.24) is 3.11 Å². The van der Waals surface area contributed by atoms with Gasteiger partial charge in [-0.05, 0) is 12.8 Å². The lowest BCUT2D eigenvalue weighted by Gasteiger charge is -2.37. The van der Waals surface area contributed by atoms with Crippen LogP contribution in [0.15, 0.2) is 12.3 Å². The van der Waals surface area contributed by atoms with Gasteiger partial charge in [0.05, 0.1) is 22.9 Å². The second kappa shape index (κ2) is 2.64. The lowest BCUT2D eigenvalue weighted by atomic mass is 9.73. The number of halogens is 1. The molecule has 2 heteroatoms. The molecule has 0 spiro atoms. The molecule has 1 aliphatic carbocycles. The van der Waals surface area contributed by atoms with Crippen molar-refractivity contribution in [2.24, 2.45) is 5.41 Å². The molecule has 1 fully saturated rings. The summed E-state index contributed by atoms with van der Waals surface area (Å²) in [7, 11) is 0. The maximum Gasteiger partial charge on any atom is 0.0589 e. The first-order chi connectivity index (χ1) is 5.22. The summed E-state index contributed by atoms with van der Waals surface area (Å²) in [5.41, 5.74) is 0.499. The van der Waals surface area contributed by atoms with Crippen molar-refractivity contribution >= 4 is 22.9 Å². The Labute approximate surface area is 82.3 Å². The van der Waals surface area contributed by atoms with Crippen LogP contribution in [0, 0.1) is 5.41 Å². The van der Waals surface area contributed by atoms with Crippen LogP contribution >= 0.6 is 22.9 Å². The third-order valence-electron chi connectivity index (χ3n) is 3.10. The smallest absolute Gasteiger partial charge is 0.0589 e. The predicted octanol–water partition coefficient (Wildman–Crippen LogP) is 3.11. The molecule has 2 atom stereocenters. The van der Waals surface area contributed by atoms with Crippen LogP contribution in [0.4, 0.5) is 0 Å². The van der Waals surface area contributed by atoms with Crippen LogP contribution in [0.2, 0.25) is 0 Å². The number of fused-ring (bicyclic) bond motifs is 1. The van der Waals surface area contributed by atoms with Crippen molar-refractivity contribution < 1.29 is 0 Å². The topological polar surface area (TPSA) is 3.24 Å². The fourth-order valence-corrected chi connectivity index (χ4v) is 3.36. The van der Waals surface area contributed by atoms with E-state index in [1.807, 2.05) is 0 Å². The summed E-state index contributed by atoms with van der Waals surface area (Å²) in [6.07, 6.45) is 10.2. The highest BCUT2D eigenvalue weighted by atomic mass is 127. The summed E-state index contributed by atoms with van der Waals surface area (Å²) in [6.45, 7) is 2.39. The van der Waals surface area contributed by atoms with Crippen molar-refractivity contribution in [3.05, 3.63) is 12.3 Å². The molecule has 0 aromatic heterocycles. The first-order valence-electron chi connectivity index (χ1n) is 4.36. The molecule has 1 unspecified atom stereocenters. The standard InChI is InChI=1S/C9H14IN/c1-9-5-3-2-4-8(9)11(10)7-6-9/h6-8H,2-5H2,1H3/t8-,9?/m0/s1. The summed E-state index contributed by atoms with van der Waals surface area (Å²) >= 11 is 2.42. The molecule has 0 N–H and O–H groups in total. The molecule has 2 rings (SSSR count). The Kier molecular flexibility index (Phi) is 1.90. The molecule has 1 nitrogen and oxygen atoms in total. The Balaban J connectivity index is 2.20. The minimum Gasteiger partial charge on any atom is -0.318 e. The number of rotatable bonds is 0. The average molecular weight is 263 g/mol. The van der Waals surface area contributed by atoms with Gasteiger partial charge in [-0.1, -0.05) is 25.8 Å². The lowest BCUT2D eigenvalue weighted by Crippen LogP contribution is -2.36. The van der Waals surface area contributed by atoms with E-state index >= 15 is 0 Å². The van der Waals surface area contributed by atoms with Crippen LogP contribution < -0.4 is 0 Å². The molecular formula is C9H14IN. The fraction of sp³-hybridized carbons (Fsp3) is 0.778. The molecule has 1 saturated carbocycles. The van der Waals surface area contributed by atoms with Crippen molar-refractivity contribution in [2.45, 2.75) is 38.6 Å². The van der Waals surface area contributed by atoms with Crippen LogP contribution in [-0.2, 0) is 0 Å². The highest BCUT2D eigenvalue weighted by molar-refractivity contribution is 14.1. The van der Waals surface area contributed by atoms with Crippen LogP contribution in [0.5, 0.6) is 0 Å². The van der Waals surface area contributed by atoms with E-state index in [0.717, 1.165) is 6.04 Å². The molecule has 11 heavy (non-hydrogen) atoms. The molecule has 0 aromatic carbocycles. The van der Waals surface area contributed by atoms with Gasteiger partial charge >= 0.3 is 0 Å². The van der Waals surface area contributed by atoms with Crippen LogP contribution in [0.25, 0.3) is 0 Å². The SMILES string of the molecule is CC12C=CN(I)[C@H]1CCCC2. The Morgan fingerprint density at radius 2 is 2.36 bits per heavy atom. The Bertz CT molecular complexity index is 190. The van der Waals surface area contributed by atoms with Gasteiger partial charge in [0.15, 0.2) is 0 Å². The first kappa shape index (κ1) is 7.90. The Hall–Kier alpha value is 0.270. The van der Waals surface area contributed by atoms with Gasteiger partial charge in [0.1, 0.15) is 0 Å². The van der Waals surface area contributed by atoms with E-state index in [2.05, 4.69) is 45.2 Å². The fourth-order valence-electron chi connectivity index (χ4n) is 2.28. The molecule has 0 radical (unpaired) electrons. The monoisotopic (exact) mass is 263 g/mol. The number of hydrogen-bond donors (Lipinski definition) is 0. The van der Waals surface area contributed by atoms with Crippen molar-refractivity contribution in [2.75, 3.05) is 0 Å². The lowest BCUT2D eigenvalue weighted by molar-refractivity contribution is 0.201. The summed E-state index contributed by atoms with van der Waals surface area (Å²) in [5.74, 6) is 0. The van der Waals surface area contributed by atoms with E-state index in [1.165, 1.54) is 25.7 Å². The van der Waals surface area contributed by atoms with Crippen molar-refractivity contribution in [3.8, 4) is 0 Å². The summed E-state index contributed by atoms with van der Waals surface area (Å²) < 4.78 is 2.36. The van der Waals surface area contributed by atoms with Crippen LogP contribution in [0.3, 0.4) is 0 Å². The van der Waals surface area contributed by atoms with Gasteiger partial charge in [0, 0.05) is 17.7 Å². The van der Waals surface area contributed by atoms with Gasteiger partial charge in [0.2, 0.25) is 0 Å². The molecule has 0 amide bonds. The number of hydrogen-bond acceptors (Lipinski definition) is 1. The van der Waals surface area contributed by atoms with Crippen LogP contribution in [0.1, 0.15) is 32.6 Å². The quantitative estimate of drug-likeness (QED) is 0.479. The maximum atomic E-state index is 2.42. The number of nitrogens with zero attached hydrogens (tertiary/aromatic N) is 1. The van der Waals surface area contributed by atoms with E-state index in [4.69, 9.17) is 0 Å². The molecule has 0 bridgehead atoms. The zero-order valence-electron chi connectivity index (χ0n) is 6.89. The van der Waals surface area contributed by atoms with Crippen LogP contribution in [-0.4, -0.2) is 9.16 Å². The van der Waals surface area contributed by atoms with Crippen molar-refractivity contribution in [3.63, 3.8) is 0 Å². The van der Waals surface area contributed by atoms with Crippen molar-refractivity contribution in [1.29, 1.82) is 0 Å². The predicted molar refractivity (Wildman–Crippen MR) is 55.4 cm³/mol. The third kappa shape index (κ3) is 1.19. The van der Waals surface area contributed by atoms with Gasteiger partial charge in [-0.2, -0.15) is 0 Å². The van der Waals surface area contributed by atoms with E-state index in [0.29, 0.717) is 5.41 Å². The summed E-state index contributed by atoms with van der Waals surface area (Å²) in [5, 5.41) is 0. The molecule has 1 aliphatic heterocycles. The minimum absolute atomic E-state index is 0.499. The second-order valence-electron chi connectivity index (χ2n) is 3.93. The van der Waals surface area contributed by atoms with E-state index < -0.39 is 0 Å². The first-order valence-corrected chi connectivity index (χ1v) is 5.32. The summed E-state index contributed by atoms with van der Waals surface area (Å²) in [6, 6.07) is 0.789. The van der Waals surface area contributed by atoms with E-state index in [1.54, 1.807) is 0 Å². The zero-order valence-corrected chi connectivity index (χ0v) is 9.04. The minimum atomic E-state index is 0.499. The molecule has 1 heterocycles.